The highest BCUT2D eigenvalue weighted by atomic mass is 35.5. The average Bonchev–Trinajstić information content (AvgIpc) is 2.48. The van der Waals surface area contributed by atoms with Crippen LogP contribution in [0.3, 0.4) is 0 Å². The van der Waals surface area contributed by atoms with Crippen molar-refractivity contribution in [2.45, 2.75) is 20.3 Å². The zero-order chi connectivity index (χ0) is 14.5. The third-order valence-corrected chi connectivity index (χ3v) is 4.43. The molecule has 0 amide bonds. The van der Waals surface area contributed by atoms with Crippen LogP contribution in [0.1, 0.15) is 20.3 Å². The van der Waals surface area contributed by atoms with Gasteiger partial charge in [-0.1, -0.05) is 37.6 Å². The molecular weight excluding hydrogens is 272 g/mol. The Kier molecular flexibility index (Phi) is 5.44. The van der Waals surface area contributed by atoms with Gasteiger partial charge in [-0.3, -0.25) is 9.69 Å². The highest BCUT2D eigenvalue weighted by Gasteiger charge is 2.21. The number of halogens is 1. The predicted molar refractivity (Wildman–Crippen MR) is 84.6 cm³/mol. The summed E-state index contributed by atoms with van der Waals surface area (Å²) >= 11 is 6.23. The van der Waals surface area contributed by atoms with Crippen molar-refractivity contribution in [2.75, 3.05) is 37.6 Å². The molecule has 1 aliphatic heterocycles. The monoisotopic (exact) mass is 294 g/mol. The second kappa shape index (κ2) is 7.09. The van der Waals surface area contributed by atoms with Gasteiger partial charge < -0.3 is 4.90 Å². The second-order valence-electron chi connectivity index (χ2n) is 5.49. The number of benzene rings is 1. The molecule has 1 unspecified atom stereocenters. The maximum absolute atomic E-state index is 12.0. The van der Waals surface area contributed by atoms with Gasteiger partial charge in [-0.05, 0) is 18.6 Å². The highest BCUT2D eigenvalue weighted by Crippen LogP contribution is 2.26. The lowest BCUT2D eigenvalue weighted by atomic mass is 10.0. The molecule has 1 aliphatic rings. The van der Waals surface area contributed by atoms with Gasteiger partial charge in [0.1, 0.15) is 5.78 Å². The fourth-order valence-corrected chi connectivity index (χ4v) is 2.71. The average molecular weight is 295 g/mol. The summed E-state index contributed by atoms with van der Waals surface area (Å²) in [6, 6.07) is 7.95. The Bertz CT molecular complexity index is 456. The first-order chi connectivity index (χ1) is 9.61. The summed E-state index contributed by atoms with van der Waals surface area (Å²) in [5.41, 5.74) is 1.10. The second-order valence-corrected chi connectivity index (χ2v) is 5.90. The molecule has 0 saturated carbocycles. The maximum atomic E-state index is 12.0. The maximum Gasteiger partial charge on any atom is 0.149 e. The van der Waals surface area contributed by atoms with Crippen LogP contribution >= 0.6 is 11.6 Å². The quantitative estimate of drug-likeness (QED) is 0.834. The summed E-state index contributed by atoms with van der Waals surface area (Å²) in [6.45, 7) is 8.38. The Balaban J connectivity index is 1.87. The van der Waals surface area contributed by atoms with Crippen LogP contribution in [-0.4, -0.2) is 43.4 Å². The Labute approximate surface area is 126 Å². The van der Waals surface area contributed by atoms with E-state index in [4.69, 9.17) is 11.6 Å². The number of carbonyl (C=O) groups excluding carboxylic acids is 1. The van der Waals surface area contributed by atoms with Crippen LogP contribution in [0.15, 0.2) is 24.3 Å². The molecule has 1 saturated heterocycles. The molecule has 4 heteroatoms. The highest BCUT2D eigenvalue weighted by molar-refractivity contribution is 6.33. The molecule has 1 aromatic carbocycles. The van der Waals surface area contributed by atoms with E-state index in [-0.39, 0.29) is 5.92 Å². The number of hydrogen-bond donors (Lipinski definition) is 0. The minimum atomic E-state index is 0.177. The van der Waals surface area contributed by atoms with E-state index in [2.05, 4.69) is 22.8 Å². The van der Waals surface area contributed by atoms with Gasteiger partial charge in [-0.15, -0.1) is 0 Å². The molecule has 3 nitrogen and oxygen atoms in total. The lowest BCUT2D eigenvalue weighted by Gasteiger charge is -2.36. The SMILES string of the molecule is CCC(C)C(=O)CN1CCN(c2ccccc2Cl)CC1. The third-order valence-electron chi connectivity index (χ3n) is 4.11. The zero-order valence-corrected chi connectivity index (χ0v) is 13.1. The lowest BCUT2D eigenvalue weighted by Crippen LogP contribution is -2.48. The summed E-state index contributed by atoms with van der Waals surface area (Å²) in [6.07, 6.45) is 0.929. The molecule has 0 spiro atoms. The minimum absolute atomic E-state index is 0.177. The number of anilines is 1. The fraction of sp³-hybridized carbons (Fsp3) is 0.562. The number of Topliss-reactive ketones (excluding diaryl/α,β-unsaturated/α-hetero) is 1. The van der Waals surface area contributed by atoms with Crippen LogP contribution in [0.5, 0.6) is 0 Å². The molecule has 110 valence electrons. The summed E-state index contributed by atoms with van der Waals surface area (Å²) in [7, 11) is 0. The van der Waals surface area contributed by atoms with E-state index >= 15 is 0 Å². The lowest BCUT2D eigenvalue weighted by molar-refractivity contribution is -0.123. The third kappa shape index (κ3) is 3.74. The first kappa shape index (κ1) is 15.3. The van der Waals surface area contributed by atoms with Gasteiger partial charge in [-0.2, -0.15) is 0 Å². The molecule has 0 aromatic heterocycles. The molecule has 20 heavy (non-hydrogen) atoms. The molecule has 0 aliphatic carbocycles. The van der Waals surface area contributed by atoms with E-state index in [1.165, 1.54) is 0 Å². The van der Waals surface area contributed by atoms with E-state index < -0.39 is 0 Å². The normalized spacial score (nSPS) is 18.1. The van der Waals surface area contributed by atoms with Crippen molar-refractivity contribution in [3.05, 3.63) is 29.3 Å². The Morgan fingerprint density at radius 2 is 1.90 bits per heavy atom. The van der Waals surface area contributed by atoms with Crippen LogP contribution in [0, 0.1) is 5.92 Å². The van der Waals surface area contributed by atoms with Crippen LogP contribution in [-0.2, 0) is 4.79 Å². The molecule has 0 radical (unpaired) electrons. The molecule has 1 atom stereocenters. The molecule has 2 rings (SSSR count). The number of ketones is 1. The van der Waals surface area contributed by atoms with Crippen molar-refractivity contribution in [3.8, 4) is 0 Å². The smallest absolute Gasteiger partial charge is 0.149 e. The molecule has 0 N–H and O–H groups in total. The van der Waals surface area contributed by atoms with Gasteiger partial charge in [0, 0.05) is 32.1 Å². The van der Waals surface area contributed by atoms with Crippen molar-refractivity contribution >= 4 is 23.1 Å². The minimum Gasteiger partial charge on any atom is -0.368 e. The topological polar surface area (TPSA) is 23.6 Å². The summed E-state index contributed by atoms with van der Waals surface area (Å²) in [4.78, 5) is 16.5. The van der Waals surface area contributed by atoms with Gasteiger partial charge in [0.15, 0.2) is 0 Å². The number of hydrogen-bond acceptors (Lipinski definition) is 3. The van der Waals surface area contributed by atoms with E-state index in [1.807, 2.05) is 25.1 Å². The van der Waals surface area contributed by atoms with E-state index in [1.54, 1.807) is 0 Å². The number of rotatable bonds is 5. The van der Waals surface area contributed by atoms with Crippen molar-refractivity contribution in [1.29, 1.82) is 0 Å². The molecule has 1 heterocycles. The predicted octanol–water partition coefficient (Wildman–Crippen LogP) is 3.08. The van der Waals surface area contributed by atoms with Gasteiger partial charge in [0.05, 0.1) is 17.3 Å². The Morgan fingerprint density at radius 1 is 1.25 bits per heavy atom. The standard InChI is InChI=1S/C16H23ClN2O/c1-3-13(2)16(20)12-18-8-10-19(11-9-18)15-7-5-4-6-14(15)17/h4-7,13H,3,8-12H2,1-2H3. The van der Waals surface area contributed by atoms with E-state index in [0.29, 0.717) is 12.3 Å². The van der Waals surface area contributed by atoms with Gasteiger partial charge in [0.25, 0.3) is 0 Å². The summed E-state index contributed by atoms with van der Waals surface area (Å²) in [5, 5.41) is 0.802. The summed E-state index contributed by atoms with van der Waals surface area (Å²) < 4.78 is 0. The van der Waals surface area contributed by atoms with Crippen LogP contribution in [0.25, 0.3) is 0 Å². The molecule has 1 fully saturated rings. The van der Waals surface area contributed by atoms with Crippen molar-refractivity contribution in [1.82, 2.24) is 4.90 Å². The molecule has 0 bridgehead atoms. The van der Waals surface area contributed by atoms with Crippen molar-refractivity contribution < 1.29 is 4.79 Å². The van der Waals surface area contributed by atoms with E-state index in [0.717, 1.165) is 43.3 Å². The number of piperazine rings is 1. The van der Waals surface area contributed by atoms with Crippen molar-refractivity contribution in [3.63, 3.8) is 0 Å². The number of carbonyl (C=O) groups is 1. The van der Waals surface area contributed by atoms with Gasteiger partial charge >= 0.3 is 0 Å². The zero-order valence-electron chi connectivity index (χ0n) is 12.3. The van der Waals surface area contributed by atoms with Gasteiger partial charge in [0.2, 0.25) is 0 Å². The van der Waals surface area contributed by atoms with Crippen LogP contribution < -0.4 is 4.90 Å². The van der Waals surface area contributed by atoms with Crippen LogP contribution in [0.4, 0.5) is 5.69 Å². The largest absolute Gasteiger partial charge is 0.368 e. The molecular formula is C16H23ClN2O. The van der Waals surface area contributed by atoms with Gasteiger partial charge in [-0.25, -0.2) is 0 Å². The van der Waals surface area contributed by atoms with Crippen LogP contribution in [0.2, 0.25) is 5.02 Å². The Hall–Kier alpha value is -1.06. The van der Waals surface area contributed by atoms with E-state index in [9.17, 15) is 4.79 Å². The number of nitrogens with zero attached hydrogens (tertiary/aromatic N) is 2. The molecule has 1 aromatic rings. The summed E-state index contributed by atoms with van der Waals surface area (Å²) in [5.74, 6) is 0.537. The Morgan fingerprint density at radius 3 is 2.50 bits per heavy atom. The first-order valence-electron chi connectivity index (χ1n) is 7.36. The van der Waals surface area contributed by atoms with Crippen molar-refractivity contribution in [2.24, 2.45) is 5.92 Å². The number of para-hydroxylation sites is 1. The fourth-order valence-electron chi connectivity index (χ4n) is 2.46. The first-order valence-corrected chi connectivity index (χ1v) is 7.74.